The Morgan fingerprint density at radius 3 is 2.48 bits per heavy atom. The Labute approximate surface area is 181 Å². The summed E-state index contributed by atoms with van der Waals surface area (Å²) in [5, 5.41) is 11.7. The highest BCUT2D eigenvalue weighted by Crippen LogP contribution is 2.30. The molecule has 8 heteroatoms. The van der Waals surface area contributed by atoms with Gasteiger partial charge in [-0.05, 0) is 49.2 Å². The molecule has 1 saturated heterocycles. The van der Waals surface area contributed by atoms with Crippen LogP contribution in [0, 0.1) is 5.92 Å². The number of carbonyl (C=O) groups is 1. The van der Waals surface area contributed by atoms with E-state index in [0.717, 1.165) is 43.0 Å². The summed E-state index contributed by atoms with van der Waals surface area (Å²) in [5.41, 5.74) is 2.43. The summed E-state index contributed by atoms with van der Waals surface area (Å²) in [6, 6.07) is 13.1. The van der Waals surface area contributed by atoms with Gasteiger partial charge in [-0.15, -0.1) is 10.2 Å². The number of anilines is 2. The minimum absolute atomic E-state index is 0.0184. The van der Waals surface area contributed by atoms with Crippen LogP contribution >= 0.6 is 0 Å². The van der Waals surface area contributed by atoms with Crippen LogP contribution in [0.15, 0.2) is 54.9 Å². The van der Waals surface area contributed by atoms with Crippen LogP contribution < -0.4 is 19.7 Å². The number of methoxy groups -OCH3 is 2. The number of aromatic nitrogens is 3. The number of amides is 1. The van der Waals surface area contributed by atoms with E-state index >= 15 is 0 Å². The summed E-state index contributed by atoms with van der Waals surface area (Å²) >= 11 is 0. The van der Waals surface area contributed by atoms with Crippen molar-refractivity contribution in [3.05, 3.63) is 54.9 Å². The van der Waals surface area contributed by atoms with Crippen LogP contribution in [-0.2, 0) is 4.79 Å². The van der Waals surface area contributed by atoms with E-state index in [9.17, 15) is 4.79 Å². The van der Waals surface area contributed by atoms with E-state index in [-0.39, 0.29) is 11.8 Å². The molecule has 4 rings (SSSR count). The number of hydrogen-bond donors (Lipinski definition) is 1. The number of hydrogen-bond acceptors (Lipinski definition) is 7. The van der Waals surface area contributed by atoms with Crippen molar-refractivity contribution in [1.29, 1.82) is 0 Å². The second kappa shape index (κ2) is 9.42. The van der Waals surface area contributed by atoms with Crippen molar-refractivity contribution in [1.82, 2.24) is 15.2 Å². The number of carbonyl (C=O) groups excluding carboxylic acids is 1. The molecule has 3 aromatic rings. The van der Waals surface area contributed by atoms with E-state index in [1.54, 1.807) is 38.7 Å². The van der Waals surface area contributed by atoms with Gasteiger partial charge in [0.1, 0.15) is 0 Å². The summed E-state index contributed by atoms with van der Waals surface area (Å²) < 4.78 is 10.5. The van der Waals surface area contributed by atoms with Crippen LogP contribution in [0.2, 0.25) is 0 Å². The number of rotatable bonds is 6. The van der Waals surface area contributed by atoms with Crippen LogP contribution in [0.5, 0.6) is 11.5 Å². The minimum atomic E-state index is -0.0491. The fourth-order valence-corrected chi connectivity index (χ4v) is 3.69. The Balaban J connectivity index is 1.33. The molecular weight excluding hydrogens is 394 g/mol. The predicted octanol–water partition coefficient (Wildman–Crippen LogP) is 3.41. The zero-order valence-electron chi connectivity index (χ0n) is 17.6. The standard InChI is InChI=1S/C23H25N5O3/c1-30-20-7-5-18(14-21(20)31-2)25-23(29)16-9-12-28(13-10-16)22-8-6-19(26-27-22)17-4-3-11-24-15-17/h3-8,11,14-16H,9-10,12-13H2,1-2H3,(H,25,29). The molecule has 0 radical (unpaired) electrons. The second-order valence-electron chi connectivity index (χ2n) is 7.34. The summed E-state index contributed by atoms with van der Waals surface area (Å²) in [4.78, 5) is 19.0. The lowest BCUT2D eigenvalue weighted by Crippen LogP contribution is -2.38. The van der Waals surface area contributed by atoms with Crippen molar-refractivity contribution in [2.75, 3.05) is 37.5 Å². The van der Waals surface area contributed by atoms with Gasteiger partial charge < -0.3 is 19.7 Å². The Kier molecular flexibility index (Phi) is 6.26. The van der Waals surface area contributed by atoms with Crippen molar-refractivity contribution < 1.29 is 14.3 Å². The fourth-order valence-electron chi connectivity index (χ4n) is 3.69. The Bertz CT molecular complexity index is 1020. The molecule has 0 bridgehead atoms. The van der Waals surface area contributed by atoms with Crippen LogP contribution in [0.4, 0.5) is 11.5 Å². The molecule has 1 N–H and O–H groups in total. The maximum absolute atomic E-state index is 12.7. The molecule has 1 aliphatic heterocycles. The summed E-state index contributed by atoms with van der Waals surface area (Å²) in [6.45, 7) is 1.51. The average molecular weight is 419 g/mol. The maximum Gasteiger partial charge on any atom is 0.227 e. The lowest BCUT2D eigenvalue weighted by molar-refractivity contribution is -0.120. The Hall–Kier alpha value is -3.68. The third kappa shape index (κ3) is 4.74. The molecule has 0 unspecified atom stereocenters. The molecule has 31 heavy (non-hydrogen) atoms. The SMILES string of the molecule is COc1ccc(NC(=O)C2CCN(c3ccc(-c4cccnc4)nn3)CC2)cc1OC. The molecule has 2 aromatic heterocycles. The van der Waals surface area contributed by atoms with Crippen LogP contribution in [0.25, 0.3) is 11.3 Å². The van der Waals surface area contributed by atoms with Crippen molar-refractivity contribution in [3.63, 3.8) is 0 Å². The number of nitrogens with zero attached hydrogens (tertiary/aromatic N) is 4. The molecule has 0 atom stereocenters. The molecule has 8 nitrogen and oxygen atoms in total. The van der Waals surface area contributed by atoms with Crippen LogP contribution in [0.1, 0.15) is 12.8 Å². The van der Waals surface area contributed by atoms with Gasteiger partial charge >= 0.3 is 0 Å². The second-order valence-corrected chi connectivity index (χ2v) is 7.34. The Morgan fingerprint density at radius 1 is 1.03 bits per heavy atom. The van der Waals surface area contributed by atoms with E-state index in [0.29, 0.717) is 17.2 Å². The first-order valence-electron chi connectivity index (χ1n) is 10.2. The Morgan fingerprint density at radius 2 is 1.84 bits per heavy atom. The third-order valence-electron chi connectivity index (χ3n) is 5.45. The third-order valence-corrected chi connectivity index (χ3v) is 5.45. The minimum Gasteiger partial charge on any atom is -0.493 e. The molecule has 0 spiro atoms. The maximum atomic E-state index is 12.7. The topological polar surface area (TPSA) is 89.5 Å². The monoisotopic (exact) mass is 419 g/mol. The van der Waals surface area contributed by atoms with Crippen LogP contribution in [-0.4, -0.2) is 48.4 Å². The average Bonchev–Trinajstić information content (AvgIpc) is 2.84. The molecule has 1 aromatic carbocycles. The summed E-state index contributed by atoms with van der Waals surface area (Å²) in [7, 11) is 3.16. The van der Waals surface area contributed by atoms with Gasteiger partial charge in [0.25, 0.3) is 0 Å². The number of piperidine rings is 1. The van der Waals surface area contributed by atoms with Crippen molar-refractivity contribution in [3.8, 4) is 22.8 Å². The highest BCUT2D eigenvalue weighted by Gasteiger charge is 2.26. The number of nitrogens with one attached hydrogen (secondary N) is 1. The highest BCUT2D eigenvalue weighted by molar-refractivity contribution is 5.93. The van der Waals surface area contributed by atoms with Crippen molar-refractivity contribution >= 4 is 17.4 Å². The lowest BCUT2D eigenvalue weighted by Gasteiger charge is -2.31. The molecule has 160 valence electrons. The smallest absolute Gasteiger partial charge is 0.227 e. The predicted molar refractivity (Wildman–Crippen MR) is 118 cm³/mol. The van der Waals surface area contributed by atoms with Gasteiger partial charge in [0.15, 0.2) is 17.3 Å². The lowest BCUT2D eigenvalue weighted by atomic mass is 9.95. The van der Waals surface area contributed by atoms with Gasteiger partial charge in [-0.3, -0.25) is 9.78 Å². The zero-order chi connectivity index (χ0) is 21.6. The first-order valence-corrected chi connectivity index (χ1v) is 10.2. The summed E-state index contributed by atoms with van der Waals surface area (Å²) in [5.74, 6) is 2.01. The molecule has 3 heterocycles. The molecule has 1 aliphatic rings. The first kappa shape index (κ1) is 20.6. The normalized spacial score (nSPS) is 14.2. The van der Waals surface area contributed by atoms with E-state index in [1.807, 2.05) is 30.3 Å². The molecule has 1 amide bonds. The molecule has 0 aliphatic carbocycles. The van der Waals surface area contributed by atoms with E-state index < -0.39 is 0 Å². The number of pyridine rings is 1. The molecule has 0 saturated carbocycles. The van der Waals surface area contributed by atoms with Gasteiger partial charge in [-0.25, -0.2) is 0 Å². The van der Waals surface area contributed by atoms with E-state index in [4.69, 9.17) is 9.47 Å². The van der Waals surface area contributed by atoms with Crippen LogP contribution in [0.3, 0.4) is 0 Å². The van der Waals surface area contributed by atoms with Gasteiger partial charge in [-0.2, -0.15) is 0 Å². The quantitative estimate of drug-likeness (QED) is 0.655. The van der Waals surface area contributed by atoms with Gasteiger partial charge in [0.2, 0.25) is 5.91 Å². The van der Waals surface area contributed by atoms with Crippen molar-refractivity contribution in [2.24, 2.45) is 5.92 Å². The van der Waals surface area contributed by atoms with Gasteiger partial charge in [0, 0.05) is 48.7 Å². The van der Waals surface area contributed by atoms with E-state index in [2.05, 4.69) is 25.4 Å². The fraction of sp³-hybridized carbons (Fsp3) is 0.304. The van der Waals surface area contributed by atoms with Gasteiger partial charge in [0.05, 0.1) is 19.9 Å². The number of benzene rings is 1. The largest absolute Gasteiger partial charge is 0.493 e. The van der Waals surface area contributed by atoms with Crippen molar-refractivity contribution in [2.45, 2.75) is 12.8 Å². The van der Waals surface area contributed by atoms with Gasteiger partial charge in [-0.1, -0.05) is 0 Å². The highest BCUT2D eigenvalue weighted by atomic mass is 16.5. The molecular formula is C23H25N5O3. The summed E-state index contributed by atoms with van der Waals surface area (Å²) in [6.07, 6.45) is 5.01. The van der Waals surface area contributed by atoms with E-state index in [1.165, 1.54) is 0 Å². The first-order chi connectivity index (χ1) is 15.2. The zero-order valence-corrected chi connectivity index (χ0v) is 17.6. The molecule has 1 fully saturated rings. The number of ether oxygens (including phenoxy) is 2.